The van der Waals surface area contributed by atoms with Crippen molar-refractivity contribution in [3.05, 3.63) is 48.0 Å². The summed E-state index contributed by atoms with van der Waals surface area (Å²) in [6.45, 7) is 5.92. The lowest BCUT2D eigenvalue weighted by atomic mass is 10.0. The van der Waals surface area contributed by atoms with Gasteiger partial charge < -0.3 is 14.6 Å². The number of hydrogen-bond acceptors (Lipinski definition) is 3. The first-order valence-electron chi connectivity index (χ1n) is 7.11. The molecule has 0 aliphatic carbocycles. The van der Waals surface area contributed by atoms with Gasteiger partial charge in [-0.3, -0.25) is 0 Å². The predicted molar refractivity (Wildman–Crippen MR) is 83.6 cm³/mol. The molecule has 0 atom stereocenters. The van der Waals surface area contributed by atoms with E-state index in [0.29, 0.717) is 6.54 Å². The van der Waals surface area contributed by atoms with Crippen molar-refractivity contribution in [1.29, 1.82) is 0 Å². The quantitative estimate of drug-likeness (QED) is 0.882. The van der Waals surface area contributed by atoms with Crippen molar-refractivity contribution in [2.45, 2.75) is 25.9 Å². The summed E-state index contributed by atoms with van der Waals surface area (Å²) in [6.07, 6.45) is 0. The van der Waals surface area contributed by atoms with Gasteiger partial charge in [0.2, 0.25) is 0 Å². The lowest BCUT2D eigenvalue weighted by Gasteiger charge is -2.32. The van der Waals surface area contributed by atoms with Crippen molar-refractivity contribution in [3.8, 4) is 11.3 Å². The highest BCUT2D eigenvalue weighted by Crippen LogP contribution is 2.22. The molecule has 0 unspecified atom stereocenters. The fourth-order valence-corrected chi connectivity index (χ4v) is 1.89. The van der Waals surface area contributed by atoms with Gasteiger partial charge in [0.25, 0.3) is 0 Å². The van der Waals surface area contributed by atoms with Crippen LogP contribution in [0.15, 0.2) is 40.8 Å². The molecule has 0 fully saturated rings. The summed E-state index contributed by atoms with van der Waals surface area (Å²) in [4.78, 5) is 2.19. The first-order chi connectivity index (χ1) is 9.88. The lowest BCUT2D eigenvalue weighted by Crippen LogP contribution is -2.46. The molecule has 1 N–H and O–H groups in total. The summed E-state index contributed by atoms with van der Waals surface area (Å²) in [5.41, 5.74) is 0.975. The number of nitrogens with one attached hydrogen (secondary N) is 1. The third-order valence-electron chi connectivity index (χ3n) is 3.86. The Hall–Kier alpha value is -1.65. The molecule has 1 heterocycles. The average molecular weight is 290 g/mol. The van der Waals surface area contributed by atoms with Crippen molar-refractivity contribution in [3.63, 3.8) is 0 Å². The second-order valence-electron chi connectivity index (χ2n) is 6.08. The number of halogens is 1. The SMILES string of the molecule is CN(C)C(C)(C)CNCc1ccc(-c2ccc(F)cc2)o1. The Morgan fingerprint density at radius 3 is 2.38 bits per heavy atom. The van der Waals surface area contributed by atoms with Crippen molar-refractivity contribution in [2.24, 2.45) is 0 Å². The second-order valence-corrected chi connectivity index (χ2v) is 6.08. The fraction of sp³-hybridized carbons (Fsp3) is 0.412. The summed E-state index contributed by atoms with van der Waals surface area (Å²) in [7, 11) is 4.14. The minimum atomic E-state index is -0.238. The standard InChI is InChI=1S/C17H23FN2O/c1-17(2,20(3)4)12-19-11-15-9-10-16(21-15)13-5-7-14(18)8-6-13/h5-10,19H,11-12H2,1-4H3. The van der Waals surface area contributed by atoms with Crippen LogP contribution in [0.4, 0.5) is 4.39 Å². The predicted octanol–water partition coefficient (Wildman–Crippen LogP) is 3.52. The third-order valence-corrected chi connectivity index (χ3v) is 3.86. The van der Waals surface area contributed by atoms with E-state index in [1.54, 1.807) is 12.1 Å². The van der Waals surface area contributed by atoms with Crippen LogP contribution in [0.3, 0.4) is 0 Å². The molecule has 0 bridgehead atoms. The fourth-order valence-electron chi connectivity index (χ4n) is 1.89. The molecular weight excluding hydrogens is 267 g/mol. The highest BCUT2D eigenvalue weighted by atomic mass is 19.1. The van der Waals surface area contributed by atoms with Crippen LogP contribution >= 0.6 is 0 Å². The number of likely N-dealkylation sites (N-methyl/N-ethyl adjacent to an activating group) is 1. The van der Waals surface area contributed by atoms with E-state index < -0.39 is 0 Å². The molecule has 0 saturated carbocycles. The van der Waals surface area contributed by atoms with Gasteiger partial charge in [-0.1, -0.05) is 0 Å². The van der Waals surface area contributed by atoms with Crippen molar-refractivity contribution in [1.82, 2.24) is 10.2 Å². The van der Waals surface area contributed by atoms with Crippen LogP contribution in [0.5, 0.6) is 0 Å². The van der Waals surface area contributed by atoms with Crippen molar-refractivity contribution in [2.75, 3.05) is 20.6 Å². The van der Waals surface area contributed by atoms with E-state index in [9.17, 15) is 4.39 Å². The summed E-state index contributed by atoms with van der Waals surface area (Å²) in [5, 5.41) is 3.40. The van der Waals surface area contributed by atoms with Gasteiger partial charge in [-0.2, -0.15) is 0 Å². The zero-order chi connectivity index (χ0) is 15.5. The van der Waals surface area contributed by atoms with Gasteiger partial charge in [-0.05, 0) is 64.3 Å². The Morgan fingerprint density at radius 2 is 1.76 bits per heavy atom. The number of benzene rings is 1. The number of rotatable bonds is 6. The van der Waals surface area contributed by atoms with Crippen LogP contribution in [-0.4, -0.2) is 31.1 Å². The molecule has 114 valence electrons. The van der Waals surface area contributed by atoms with Gasteiger partial charge in [0.05, 0.1) is 6.54 Å². The normalized spacial score (nSPS) is 12.1. The van der Waals surface area contributed by atoms with Gasteiger partial charge in [-0.15, -0.1) is 0 Å². The topological polar surface area (TPSA) is 28.4 Å². The summed E-state index contributed by atoms with van der Waals surface area (Å²) >= 11 is 0. The van der Waals surface area contributed by atoms with Gasteiger partial charge in [0.1, 0.15) is 17.3 Å². The Kier molecular flexibility index (Phi) is 4.80. The Labute approximate surface area is 125 Å². The molecule has 2 rings (SSSR count). The van der Waals surface area contributed by atoms with Gasteiger partial charge >= 0.3 is 0 Å². The van der Waals surface area contributed by atoms with Crippen LogP contribution in [0, 0.1) is 5.82 Å². The summed E-state index contributed by atoms with van der Waals surface area (Å²) in [6, 6.07) is 10.2. The average Bonchev–Trinajstić information content (AvgIpc) is 2.88. The maximum absolute atomic E-state index is 12.9. The van der Waals surface area contributed by atoms with Crippen molar-refractivity contribution >= 4 is 0 Å². The molecule has 0 amide bonds. The van der Waals surface area contributed by atoms with Crippen LogP contribution in [0.2, 0.25) is 0 Å². The molecule has 1 aromatic heterocycles. The molecule has 2 aromatic rings. The first kappa shape index (κ1) is 15.7. The maximum atomic E-state index is 12.9. The molecule has 0 aliphatic heterocycles. The van der Waals surface area contributed by atoms with E-state index in [0.717, 1.165) is 23.6 Å². The number of hydrogen-bond donors (Lipinski definition) is 1. The minimum absolute atomic E-state index is 0.0897. The zero-order valence-electron chi connectivity index (χ0n) is 13.1. The largest absolute Gasteiger partial charge is 0.460 e. The summed E-state index contributed by atoms with van der Waals surface area (Å²) < 4.78 is 18.7. The third kappa shape index (κ3) is 4.16. The molecule has 4 heteroatoms. The highest BCUT2D eigenvalue weighted by Gasteiger charge is 2.19. The van der Waals surface area contributed by atoms with Crippen LogP contribution < -0.4 is 5.32 Å². The molecule has 0 aliphatic rings. The van der Waals surface area contributed by atoms with E-state index >= 15 is 0 Å². The van der Waals surface area contributed by atoms with E-state index in [-0.39, 0.29) is 11.4 Å². The van der Waals surface area contributed by atoms with Gasteiger partial charge in [-0.25, -0.2) is 4.39 Å². The van der Waals surface area contributed by atoms with Gasteiger partial charge in [0, 0.05) is 17.6 Å². The molecule has 3 nitrogen and oxygen atoms in total. The molecule has 1 aromatic carbocycles. The molecule has 0 saturated heterocycles. The van der Waals surface area contributed by atoms with E-state index in [1.165, 1.54) is 12.1 Å². The highest BCUT2D eigenvalue weighted by molar-refractivity contribution is 5.57. The van der Waals surface area contributed by atoms with Crippen LogP contribution in [0.1, 0.15) is 19.6 Å². The molecule has 21 heavy (non-hydrogen) atoms. The van der Waals surface area contributed by atoms with Gasteiger partial charge in [0.15, 0.2) is 0 Å². The van der Waals surface area contributed by atoms with E-state index in [4.69, 9.17) is 4.42 Å². The first-order valence-corrected chi connectivity index (χ1v) is 7.11. The second kappa shape index (κ2) is 6.41. The monoisotopic (exact) mass is 290 g/mol. The Morgan fingerprint density at radius 1 is 1.10 bits per heavy atom. The Balaban J connectivity index is 1.93. The molecular formula is C17H23FN2O. The van der Waals surface area contributed by atoms with Crippen LogP contribution in [0.25, 0.3) is 11.3 Å². The number of furan rings is 1. The smallest absolute Gasteiger partial charge is 0.134 e. The minimum Gasteiger partial charge on any atom is -0.460 e. The van der Waals surface area contributed by atoms with Crippen LogP contribution in [-0.2, 0) is 6.54 Å². The number of nitrogens with zero attached hydrogens (tertiary/aromatic N) is 1. The van der Waals surface area contributed by atoms with Crippen molar-refractivity contribution < 1.29 is 8.81 Å². The molecule has 0 radical (unpaired) electrons. The maximum Gasteiger partial charge on any atom is 0.134 e. The zero-order valence-corrected chi connectivity index (χ0v) is 13.1. The Bertz CT molecular complexity index is 573. The molecule has 0 spiro atoms. The summed E-state index contributed by atoms with van der Waals surface area (Å²) in [5.74, 6) is 1.40. The van der Waals surface area contributed by atoms with E-state index in [2.05, 4.69) is 38.2 Å². The lowest BCUT2D eigenvalue weighted by molar-refractivity contribution is 0.188. The van der Waals surface area contributed by atoms with E-state index in [1.807, 2.05) is 12.1 Å².